The number of benzene rings is 1. The summed E-state index contributed by atoms with van der Waals surface area (Å²) in [4.78, 5) is 12.6. The van der Waals surface area contributed by atoms with E-state index in [0.29, 0.717) is 11.6 Å². The normalized spacial score (nSPS) is 26.9. The van der Waals surface area contributed by atoms with E-state index in [9.17, 15) is 9.90 Å². The van der Waals surface area contributed by atoms with Crippen molar-refractivity contribution >= 4 is 17.3 Å². The molecule has 3 heterocycles. The summed E-state index contributed by atoms with van der Waals surface area (Å²) in [5.41, 5.74) is 3.80. The summed E-state index contributed by atoms with van der Waals surface area (Å²) in [6, 6.07) is 7.98. The minimum atomic E-state index is -0.863. The maximum absolute atomic E-state index is 11.2. The van der Waals surface area contributed by atoms with Crippen molar-refractivity contribution in [1.29, 1.82) is 0 Å². The second-order valence-corrected chi connectivity index (χ2v) is 6.39. The molecule has 96 valence electrons. The van der Waals surface area contributed by atoms with Crippen LogP contribution in [0.1, 0.15) is 46.3 Å². The molecule has 2 aliphatic heterocycles. The van der Waals surface area contributed by atoms with E-state index in [1.54, 1.807) is 17.4 Å². The summed E-state index contributed by atoms with van der Waals surface area (Å²) in [6.07, 6.45) is 1.00. The highest BCUT2D eigenvalue weighted by Gasteiger charge is 2.46. The molecule has 4 heteroatoms. The van der Waals surface area contributed by atoms with Crippen LogP contribution in [-0.2, 0) is 12.0 Å². The van der Waals surface area contributed by atoms with Crippen molar-refractivity contribution in [3.63, 3.8) is 0 Å². The van der Waals surface area contributed by atoms with Gasteiger partial charge in [0.15, 0.2) is 0 Å². The Balaban J connectivity index is 0.00000121. The van der Waals surface area contributed by atoms with Gasteiger partial charge in [-0.1, -0.05) is 6.07 Å². The number of hydrogen-bond donors (Lipinski definition) is 2. The Morgan fingerprint density at radius 3 is 3.11 bits per heavy atom. The molecular formula is C15H14NO2S+. The summed E-state index contributed by atoms with van der Waals surface area (Å²) < 4.78 is 0. The van der Waals surface area contributed by atoms with Gasteiger partial charge in [-0.25, -0.2) is 4.79 Å². The molecule has 1 aromatic carbocycles. The average molecular weight is 272 g/mol. The third kappa shape index (κ3) is 1.33. The molecule has 19 heavy (non-hydrogen) atoms. The fourth-order valence-corrected chi connectivity index (χ4v) is 4.47. The van der Waals surface area contributed by atoms with Crippen molar-refractivity contribution in [2.75, 3.05) is 0 Å². The van der Waals surface area contributed by atoms with E-state index in [4.69, 9.17) is 0 Å². The van der Waals surface area contributed by atoms with Gasteiger partial charge in [-0.05, 0) is 47.2 Å². The van der Waals surface area contributed by atoms with Gasteiger partial charge in [0.25, 0.3) is 0 Å². The molecule has 3 nitrogen and oxygen atoms in total. The van der Waals surface area contributed by atoms with Gasteiger partial charge >= 0.3 is 7.40 Å². The monoisotopic (exact) mass is 272 g/mol. The molecule has 0 radical (unpaired) electrons. The van der Waals surface area contributed by atoms with Crippen molar-refractivity contribution in [1.82, 2.24) is 5.32 Å². The third-order valence-corrected chi connectivity index (χ3v) is 5.29. The van der Waals surface area contributed by atoms with E-state index < -0.39 is 5.97 Å². The van der Waals surface area contributed by atoms with Gasteiger partial charge in [0.2, 0.25) is 0 Å². The summed E-state index contributed by atoms with van der Waals surface area (Å²) >= 11 is 1.80. The van der Waals surface area contributed by atoms with Crippen LogP contribution in [0.2, 0.25) is 0 Å². The quantitative estimate of drug-likeness (QED) is 0.839. The predicted molar refractivity (Wildman–Crippen MR) is 74.9 cm³/mol. The predicted octanol–water partition coefficient (Wildman–Crippen LogP) is 3.02. The van der Waals surface area contributed by atoms with Gasteiger partial charge in [0.05, 0.1) is 11.1 Å². The number of carboxylic acids is 1. The molecule has 2 aliphatic rings. The molecule has 0 amide bonds. The second kappa shape index (κ2) is 3.46. The van der Waals surface area contributed by atoms with Crippen LogP contribution < -0.4 is 5.32 Å². The number of nitrogens with one attached hydrogen (secondary N) is 1. The van der Waals surface area contributed by atoms with Crippen molar-refractivity contribution in [2.45, 2.75) is 24.9 Å². The van der Waals surface area contributed by atoms with E-state index >= 15 is 0 Å². The highest BCUT2D eigenvalue weighted by molar-refractivity contribution is 7.10. The van der Waals surface area contributed by atoms with Gasteiger partial charge in [-0.2, -0.15) is 0 Å². The zero-order valence-electron chi connectivity index (χ0n) is 11.4. The molecule has 0 saturated heterocycles. The smallest absolute Gasteiger partial charge is 0.478 e. The number of thiophene rings is 1. The van der Waals surface area contributed by atoms with Gasteiger partial charge < -0.3 is 5.11 Å². The summed E-state index contributed by atoms with van der Waals surface area (Å²) in [5, 5.41) is 15.0. The van der Waals surface area contributed by atoms with Crippen molar-refractivity contribution < 1.29 is 11.3 Å². The Labute approximate surface area is 116 Å². The van der Waals surface area contributed by atoms with E-state index in [0.717, 1.165) is 12.0 Å². The van der Waals surface area contributed by atoms with E-state index in [-0.39, 0.29) is 6.97 Å². The first-order chi connectivity index (χ1) is 9.09. The molecule has 2 bridgehead atoms. The zero-order valence-corrected chi connectivity index (χ0v) is 11.3. The lowest BCUT2D eigenvalue weighted by Gasteiger charge is -2.32. The van der Waals surface area contributed by atoms with Crippen LogP contribution in [0.5, 0.6) is 0 Å². The van der Waals surface area contributed by atoms with Crippen LogP contribution >= 0.6 is 11.3 Å². The van der Waals surface area contributed by atoms with E-state index in [2.05, 4.69) is 23.7 Å². The van der Waals surface area contributed by atoms with Crippen LogP contribution in [0.25, 0.3) is 0 Å². The lowest BCUT2D eigenvalue weighted by Crippen LogP contribution is -2.40. The van der Waals surface area contributed by atoms with Crippen LogP contribution in [0.4, 0.5) is 0 Å². The SMILES string of the molecule is CC12NC(Cc3sccc31)c1ccc(C(=O)O)cc12.[H+]. The molecule has 4 rings (SSSR count). The first kappa shape index (κ1) is 11.2. The van der Waals surface area contributed by atoms with Crippen LogP contribution in [-0.4, -0.2) is 11.1 Å². The van der Waals surface area contributed by atoms with Crippen molar-refractivity contribution in [2.24, 2.45) is 0 Å². The Morgan fingerprint density at radius 1 is 1.47 bits per heavy atom. The Kier molecular flexibility index (Phi) is 2.04. The topological polar surface area (TPSA) is 49.3 Å². The number of carbonyl (C=O) groups is 1. The molecule has 2 aromatic rings. The van der Waals surface area contributed by atoms with Crippen LogP contribution in [0.3, 0.4) is 0 Å². The number of fused-ring (bicyclic) bond motifs is 7. The lowest BCUT2D eigenvalue weighted by molar-refractivity contribution is 0.0696. The highest BCUT2D eigenvalue weighted by Crippen LogP contribution is 2.49. The highest BCUT2D eigenvalue weighted by atomic mass is 32.1. The number of aromatic carboxylic acids is 1. The molecule has 2 N–H and O–H groups in total. The summed E-state index contributed by atoms with van der Waals surface area (Å²) in [7, 11) is 0. The van der Waals surface area contributed by atoms with E-state index in [1.807, 2.05) is 12.1 Å². The zero-order chi connectivity index (χ0) is 13.2. The van der Waals surface area contributed by atoms with Crippen LogP contribution in [0.15, 0.2) is 29.6 Å². The minimum absolute atomic E-state index is 0. The molecule has 2 unspecified atom stereocenters. The summed E-state index contributed by atoms with van der Waals surface area (Å²) in [6.45, 7) is 2.15. The third-order valence-electron chi connectivity index (χ3n) is 4.35. The standard InChI is InChI=1S/C15H13NO2S/c1-15-10-4-5-19-13(10)7-12(16-15)9-3-2-8(14(17)18)6-11(9)15/h2-6,12,16H,7H2,1H3,(H,17,18)/p+1. The largest absolute Gasteiger partial charge is 1.00 e. The molecule has 0 fully saturated rings. The first-order valence-electron chi connectivity index (χ1n) is 6.32. The van der Waals surface area contributed by atoms with E-state index in [1.165, 1.54) is 16.0 Å². The molecule has 2 atom stereocenters. The Hall–Kier alpha value is -1.65. The summed E-state index contributed by atoms with van der Waals surface area (Å²) in [5.74, 6) is -0.863. The first-order valence-corrected chi connectivity index (χ1v) is 7.20. The average Bonchev–Trinajstić information content (AvgIpc) is 2.94. The molecule has 0 spiro atoms. The molecular weight excluding hydrogens is 258 g/mol. The maximum atomic E-state index is 11.2. The maximum Gasteiger partial charge on any atom is 1.00 e. The van der Waals surface area contributed by atoms with Gasteiger partial charge in [0.1, 0.15) is 0 Å². The fraction of sp³-hybridized carbons (Fsp3) is 0.267. The fourth-order valence-electron chi connectivity index (χ4n) is 3.44. The van der Waals surface area contributed by atoms with Crippen LogP contribution in [0, 0.1) is 0 Å². The Morgan fingerprint density at radius 2 is 2.32 bits per heavy atom. The van der Waals surface area contributed by atoms with Crippen molar-refractivity contribution in [3.8, 4) is 0 Å². The minimum Gasteiger partial charge on any atom is -0.478 e. The number of carboxylic acid groups (broad SMARTS) is 1. The van der Waals surface area contributed by atoms with Gasteiger partial charge in [-0.15, -0.1) is 11.3 Å². The van der Waals surface area contributed by atoms with Gasteiger partial charge in [0, 0.05) is 17.3 Å². The molecule has 0 saturated carbocycles. The number of hydrogen-bond acceptors (Lipinski definition) is 3. The molecule has 0 aliphatic carbocycles. The number of rotatable bonds is 1. The Bertz CT molecular complexity index is 712. The molecule has 1 aromatic heterocycles. The second-order valence-electron chi connectivity index (χ2n) is 5.39. The van der Waals surface area contributed by atoms with Crippen molar-refractivity contribution in [3.05, 3.63) is 56.8 Å². The van der Waals surface area contributed by atoms with Gasteiger partial charge in [-0.3, -0.25) is 5.32 Å². The lowest BCUT2D eigenvalue weighted by atomic mass is 9.85.